The van der Waals surface area contributed by atoms with Crippen molar-refractivity contribution < 1.29 is 28.7 Å². The molecule has 2 aliphatic rings. The Balaban J connectivity index is 1.39. The van der Waals surface area contributed by atoms with Gasteiger partial charge in [0.25, 0.3) is 5.91 Å². The van der Waals surface area contributed by atoms with E-state index in [1.165, 1.54) is 16.9 Å². The monoisotopic (exact) mass is 513 g/mol. The zero-order chi connectivity index (χ0) is 26.8. The summed E-state index contributed by atoms with van der Waals surface area (Å²) in [4.78, 5) is 52.9. The van der Waals surface area contributed by atoms with E-state index in [2.05, 4.69) is 5.32 Å². The zero-order valence-electron chi connectivity index (χ0n) is 21.1. The number of nitrogens with one attached hydrogen (secondary N) is 1. The number of carbonyl (C=O) groups excluding carboxylic acids is 4. The molecule has 2 aliphatic heterocycles. The van der Waals surface area contributed by atoms with E-state index in [0.717, 1.165) is 28.0 Å². The molecule has 0 radical (unpaired) electrons. The average Bonchev–Trinajstić information content (AvgIpc) is 3.26. The van der Waals surface area contributed by atoms with E-state index < -0.39 is 18.0 Å². The topological polar surface area (TPSA) is 105 Å². The van der Waals surface area contributed by atoms with Crippen LogP contribution in [0.4, 0.5) is 10.5 Å². The number of carbonyl (C=O) groups is 4. The van der Waals surface area contributed by atoms with Gasteiger partial charge in [0.1, 0.15) is 11.8 Å². The number of ether oxygens (including phenoxy) is 2. The standard InChI is InChI=1S/C29H27N3O6/c1-37-23-10-8-19(9-11-23)20-4-3-5-22(15-20)31(29(36)38-2)16-18-6-7-21-17-32(28(35)24(21)14-18)25-12-13-26(33)30-27(25)34/h3-11,14-15,25H,12-13,16-17H2,1-2H3,(H,30,33,34). The summed E-state index contributed by atoms with van der Waals surface area (Å²) >= 11 is 0. The van der Waals surface area contributed by atoms with Gasteiger partial charge < -0.3 is 14.4 Å². The molecule has 0 bridgehead atoms. The average molecular weight is 514 g/mol. The normalized spacial score (nSPS) is 16.6. The summed E-state index contributed by atoms with van der Waals surface area (Å²) in [5.41, 5.74) is 4.56. The Morgan fingerprint density at radius 1 is 1.00 bits per heavy atom. The Kier molecular flexibility index (Phi) is 6.83. The van der Waals surface area contributed by atoms with E-state index >= 15 is 0 Å². The molecule has 0 saturated carbocycles. The lowest BCUT2D eigenvalue weighted by molar-refractivity contribution is -0.136. The van der Waals surface area contributed by atoms with Crippen molar-refractivity contribution in [2.75, 3.05) is 19.1 Å². The SMILES string of the molecule is COC(=O)N(Cc1ccc2c(c1)C(=O)N(C1CCC(=O)NC1=O)C2)c1cccc(-c2ccc(OC)cc2)c1. The molecule has 194 valence electrons. The van der Waals surface area contributed by atoms with Crippen molar-refractivity contribution >= 4 is 29.5 Å². The number of fused-ring (bicyclic) bond motifs is 1. The van der Waals surface area contributed by atoms with Crippen molar-refractivity contribution in [1.29, 1.82) is 0 Å². The number of methoxy groups -OCH3 is 2. The van der Waals surface area contributed by atoms with Crippen LogP contribution in [0.2, 0.25) is 0 Å². The lowest BCUT2D eigenvalue weighted by Gasteiger charge is -2.29. The van der Waals surface area contributed by atoms with Crippen molar-refractivity contribution in [2.45, 2.75) is 32.0 Å². The van der Waals surface area contributed by atoms with Gasteiger partial charge in [0.05, 0.1) is 20.8 Å². The van der Waals surface area contributed by atoms with Crippen LogP contribution in [0.1, 0.15) is 34.3 Å². The molecule has 3 aromatic carbocycles. The maximum atomic E-state index is 13.2. The fourth-order valence-electron chi connectivity index (χ4n) is 4.89. The van der Waals surface area contributed by atoms with Gasteiger partial charge >= 0.3 is 6.09 Å². The van der Waals surface area contributed by atoms with Crippen LogP contribution in [-0.2, 0) is 27.4 Å². The van der Waals surface area contributed by atoms with Gasteiger partial charge in [0.15, 0.2) is 0 Å². The van der Waals surface area contributed by atoms with Crippen LogP contribution in [0.5, 0.6) is 5.75 Å². The number of anilines is 1. The fourth-order valence-corrected chi connectivity index (χ4v) is 4.89. The van der Waals surface area contributed by atoms with Gasteiger partial charge in [-0.1, -0.05) is 36.4 Å². The fraction of sp³-hybridized carbons (Fsp3) is 0.241. The number of piperidine rings is 1. The minimum Gasteiger partial charge on any atom is -0.497 e. The summed E-state index contributed by atoms with van der Waals surface area (Å²) in [6, 6.07) is 20.0. The molecule has 1 saturated heterocycles. The first kappa shape index (κ1) is 25.0. The van der Waals surface area contributed by atoms with Crippen LogP contribution in [-0.4, -0.2) is 49.0 Å². The molecule has 9 heteroatoms. The summed E-state index contributed by atoms with van der Waals surface area (Å²) in [7, 11) is 2.94. The van der Waals surface area contributed by atoms with E-state index in [1.54, 1.807) is 13.2 Å². The van der Waals surface area contributed by atoms with Gasteiger partial charge in [-0.25, -0.2) is 4.79 Å². The molecule has 38 heavy (non-hydrogen) atoms. The highest BCUT2D eigenvalue weighted by Gasteiger charge is 2.39. The molecule has 5 rings (SSSR count). The van der Waals surface area contributed by atoms with Gasteiger partial charge in [-0.3, -0.25) is 24.6 Å². The maximum Gasteiger partial charge on any atom is 0.414 e. The Hall–Kier alpha value is -4.66. The number of benzene rings is 3. The van der Waals surface area contributed by atoms with Crippen molar-refractivity contribution in [3.05, 3.63) is 83.4 Å². The van der Waals surface area contributed by atoms with Gasteiger partial charge in [-0.05, 0) is 59.0 Å². The van der Waals surface area contributed by atoms with E-state index in [-0.39, 0.29) is 24.8 Å². The number of amides is 4. The van der Waals surface area contributed by atoms with Crippen molar-refractivity contribution in [3.63, 3.8) is 0 Å². The van der Waals surface area contributed by atoms with E-state index in [9.17, 15) is 19.2 Å². The molecule has 1 N–H and O–H groups in total. The quantitative estimate of drug-likeness (QED) is 0.502. The van der Waals surface area contributed by atoms with Crippen molar-refractivity contribution in [1.82, 2.24) is 10.2 Å². The highest BCUT2D eigenvalue weighted by atomic mass is 16.5. The van der Waals surface area contributed by atoms with Crippen LogP contribution in [0.15, 0.2) is 66.7 Å². The van der Waals surface area contributed by atoms with Crippen LogP contribution < -0.4 is 15.0 Å². The largest absolute Gasteiger partial charge is 0.497 e. The molecule has 2 heterocycles. The van der Waals surface area contributed by atoms with Crippen LogP contribution in [0.3, 0.4) is 0 Å². The summed E-state index contributed by atoms with van der Waals surface area (Å²) < 4.78 is 10.3. The number of hydrogen-bond acceptors (Lipinski definition) is 6. The molecule has 1 unspecified atom stereocenters. The number of hydrogen-bond donors (Lipinski definition) is 1. The zero-order valence-corrected chi connectivity index (χ0v) is 21.1. The minimum atomic E-state index is -0.677. The summed E-state index contributed by atoms with van der Waals surface area (Å²) in [6.45, 7) is 0.475. The Morgan fingerprint density at radius 2 is 1.79 bits per heavy atom. The van der Waals surface area contributed by atoms with Crippen LogP contribution in [0, 0.1) is 0 Å². The first-order chi connectivity index (χ1) is 18.4. The molecular weight excluding hydrogens is 486 g/mol. The third-order valence-electron chi connectivity index (χ3n) is 6.91. The molecule has 0 aromatic heterocycles. The van der Waals surface area contributed by atoms with Crippen molar-refractivity contribution in [2.24, 2.45) is 0 Å². The van der Waals surface area contributed by atoms with Crippen LogP contribution in [0.25, 0.3) is 11.1 Å². The molecule has 9 nitrogen and oxygen atoms in total. The molecular formula is C29H27N3O6. The first-order valence-corrected chi connectivity index (χ1v) is 12.2. The Labute approximate surface area is 219 Å². The van der Waals surface area contributed by atoms with E-state index in [1.807, 2.05) is 60.7 Å². The Morgan fingerprint density at radius 3 is 2.50 bits per heavy atom. The Bertz CT molecular complexity index is 1420. The van der Waals surface area contributed by atoms with Gasteiger partial charge in [-0.2, -0.15) is 0 Å². The third kappa shape index (κ3) is 4.82. The molecule has 3 aromatic rings. The first-order valence-electron chi connectivity index (χ1n) is 12.2. The van der Waals surface area contributed by atoms with Gasteiger partial charge in [-0.15, -0.1) is 0 Å². The molecule has 0 spiro atoms. The summed E-state index contributed by atoms with van der Waals surface area (Å²) in [6.07, 6.45) is -0.0301. The van der Waals surface area contributed by atoms with Gasteiger partial charge in [0.2, 0.25) is 11.8 Å². The summed E-state index contributed by atoms with van der Waals surface area (Å²) in [5, 5.41) is 2.31. The summed E-state index contributed by atoms with van der Waals surface area (Å²) in [5.74, 6) is -0.279. The lowest BCUT2D eigenvalue weighted by Crippen LogP contribution is -2.52. The number of nitrogens with zero attached hydrogens (tertiary/aromatic N) is 2. The number of rotatable bonds is 6. The van der Waals surface area contributed by atoms with Crippen LogP contribution >= 0.6 is 0 Å². The maximum absolute atomic E-state index is 13.2. The molecule has 0 aliphatic carbocycles. The van der Waals surface area contributed by atoms with E-state index in [0.29, 0.717) is 24.2 Å². The molecule has 1 fully saturated rings. The smallest absolute Gasteiger partial charge is 0.414 e. The highest BCUT2D eigenvalue weighted by Crippen LogP contribution is 2.31. The predicted octanol–water partition coefficient (Wildman–Crippen LogP) is 3.90. The second-order valence-electron chi connectivity index (χ2n) is 9.23. The highest BCUT2D eigenvalue weighted by molar-refractivity contribution is 6.05. The predicted molar refractivity (Wildman–Crippen MR) is 140 cm³/mol. The third-order valence-corrected chi connectivity index (χ3v) is 6.91. The lowest BCUT2D eigenvalue weighted by atomic mass is 10.0. The number of imide groups is 1. The van der Waals surface area contributed by atoms with E-state index in [4.69, 9.17) is 9.47 Å². The van der Waals surface area contributed by atoms with Crippen molar-refractivity contribution in [3.8, 4) is 16.9 Å². The molecule has 4 amide bonds. The molecule has 1 atom stereocenters. The second kappa shape index (κ2) is 10.4. The minimum absolute atomic E-state index is 0.178. The van der Waals surface area contributed by atoms with Gasteiger partial charge in [0, 0.05) is 24.2 Å². The second-order valence-corrected chi connectivity index (χ2v) is 9.23.